The normalized spacial score (nSPS) is 21.7. The van der Waals surface area contributed by atoms with Crippen LogP contribution in [-0.4, -0.2) is 93.0 Å². The molecule has 3 aliphatic rings. The fourth-order valence-corrected chi connectivity index (χ4v) is 8.87. The number of para-hydroxylation sites is 1. The van der Waals surface area contributed by atoms with E-state index in [1.165, 1.54) is 11.6 Å². The Morgan fingerprint density at radius 3 is 2.67 bits per heavy atom. The smallest absolute Gasteiger partial charge is 0.294 e. The van der Waals surface area contributed by atoms with E-state index in [-0.39, 0.29) is 53.6 Å². The van der Waals surface area contributed by atoms with Gasteiger partial charge in [-0.15, -0.1) is 0 Å². The number of methoxy groups -OCH3 is 1. The minimum absolute atomic E-state index is 0.00454. The highest BCUT2D eigenvalue weighted by molar-refractivity contribution is 6.33. The first kappa shape index (κ1) is 39.0. The van der Waals surface area contributed by atoms with E-state index in [0.29, 0.717) is 52.0 Å². The van der Waals surface area contributed by atoms with Crippen molar-refractivity contribution < 1.29 is 23.9 Å². The third kappa shape index (κ3) is 7.28. The van der Waals surface area contributed by atoms with E-state index in [1.807, 2.05) is 23.9 Å². The van der Waals surface area contributed by atoms with Gasteiger partial charge in [0.05, 0.1) is 47.0 Å². The van der Waals surface area contributed by atoms with Gasteiger partial charge in [0.25, 0.3) is 11.5 Å². The van der Waals surface area contributed by atoms with Crippen molar-refractivity contribution in [1.82, 2.24) is 39.9 Å². The monoisotopic (exact) mass is 811 g/mol. The van der Waals surface area contributed by atoms with Gasteiger partial charge in [-0.05, 0) is 43.9 Å². The van der Waals surface area contributed by atoms with Gasteiger partial charge in [-0.25, -0.2) is 9.97 Å². The lowest BCUT2D eigenvalue weighted by Gasteiger charge is -2.51. The van der Waals surface area contributed by atoms with Crippen molar-refractivity contribution in [1.29, 1.82) is 0 Å². The zero-order valence-corrected chi connectivity index (χ0v) is 33.7. The second kappa shape index (κ2) is 15.5. The molecule has 4 aromatic heterocycles. The van der Waals surface area contributed by atoms with Crippen molar-refractivity contribution in [3.05, 3.63) is 63.8 Å². The predicted octanol–water partition coefficient (Wildman–Crippen LogP) is 3.77. The Morgan fingerprint density at radius 1 is 1.10 bits per heavy atom. The van der Waals surface area contributed by atoms with E-state index in [2.05, 4.69) is 49.1 Å². The maximum atomic E-state index is 12.8. The fourth-order valence-electron chi connectivity index (χ4n) is 8.73. The molecule has 18 heteroatoms. The van der Waals surface area contributed by atoms with Gasteiger partial charge in [-0.2, -0.15) is 10.1 Å². The summed E-state index contributed by atoms with van der Waals surface area (Å²) in [6.45, 7) is 3.45. The summed E-state index contributed by atoms with van der Waals surface area (Å²) in [5.74, 6) is -0.198. The fraction of sp³-hybridized carbons (Fsp3) is 0.450. The van der Waals surface area contributed by atoms with Crippen molar-refractivity contribution in [2.45, 2.75) is 57.1 Å². The molecule has 1 spiro atoms. The Balaban J connectivity index is 0.968. The van der Waals surface area contributed by atoms with Crippen LogP contribution in [0, 0.1) is 11.3 Å². The highest BCUT2D eigenvalue weighted by Gasteiger charge is 2.49. The number of hydrogen-bond acceptors (Lipinski definition) is 13. The number of fused-ring (bicyclic) bond motifs is 2. The SMILES string of the molecule is CNC(=O)COc1cc2cc(Nc3nc(N4CC5(CC[C@@H](Nc6cccc7c(C8CCC(=O)NC8=O)nn(C)c67)[C@H](C)C(OC)C5)C4)ncc3Cl)cnc2n(C)c1=O. The second-order valence-electron chi connectivity index (χ2n) is 15.7. The van der Waals surface area contributed by atoms with Crippen LogP contribution < -0.4 is 36.5 Å². The molecule has 2 saturated heterocycles. The first-order valence-electron chi connectivity index (χ1n) is 19.3. The number of nitrogens with zero attached hydrogens (tertiary/aromatic N) is 7. The molecule has 0 bridgehead atoms. The molecular weight excluding hydrogens is 766 g/mol. The molecule has 2 aliphatic heterocycles. The number of aromatic nitrogens is 6. The Labute approximate surface area is 338 Å². The molecular formula is C40H46ClN11O6. The van der Waals surface area contributed by atoms with Crippen molar-refractivity contribution in [2.75, 3.05) is 49.4 Å². The lowest BCUT2D eigenvalue weighted by molar-refractivity contribution is -0.134. The zero-order valence-electron chi connectivity index (χ0n) is 33.0. The number of amides is 3. The zero-order chi connectivity index (χ0) is 40.9. The number of carbonyl (C=O) groups excluding carboxylic acids is 3. The number of likely N-dealkylation sites (N-methyl/N-ethyl adjacent to an activating group) is 1. The highest BCUT2D eigenvalue weighted by atomic mass is 35.5. The van der Waals surface area contributed by atoms with Gasteiger partial charge in [0, 0.05) is 75.9 Å². The molecule has 1 aliphatic carbocycles. The lowest BCUT2D eigenvalue weighted by Crippen LogP contribution is -2.58. The maximum absolute atomic E-state index is 12.8. The summed E-state index contributed by atoms with van der Waals surface area (Å²) in [4.78, 5) is 65.2. The van der Waals surface area contributed by atoms with E-state index < -0.39 is 11.5 Å². The number of carbonyl (C=O) groups is 3. The molecule has 2 unspecified atom stereocenters. The molecule has 1 saturated carbocycles. The summed E-state index contributed by atoms with van der Waals surface area (Å²) >= 11 is 6.60. The van der Waals surface area contributed by atoms with Crippen molar-refractivity contribution in [3.63, 3.8) is 0 Å². The quantitative estimate of drug-likeness (QED) is 0.149. The molecule has 4 N–H and O–H groups in total. The van der Waals surface area contributed by atoms with E-state index >= 15 is 0 Å². The van der Waals surface area contributed by atoms with Gasteiger partial charge in [0.15, 0.2) is 18.2 Å². The number of hydrogen-bond donors (Lipinski definition) is 4. The standard InChI is InChI=1S/C40H46ClN11O6/c1-21-27(46-28-8-6-7-24-33(49-51(4)34(24)28)25-9-10-31(53)47-37(25)55)11-12-40(15-30(21)57-5)19-52(20-40)39-44-17-26(41)35(48-39)45-23-13-22-14-29(58-18-32(54)42-2)38(56)50(3)36(22)43-16-23/h6-8,13-14,16-17,21,25,27,30,46H,9-12,15,18-20H2,1-5H3,(H,42,54)(H,44,45,48)(H,47,53,55)/t21-,25?,27+,30?/m0/s1. The topological polar surface area (TPSA) is 200 Å². The van der Waals surface area contributed by atoms with Gasteiger partial charge >= 0.3 is 0 Å². The summed E-state index contributed by atoms with van der Waals surface area (Å²) in [7, 11) is 6.76. The average molecular weight is 812 g/mol. The van der Waals surface area contributed by atoms with E-state index in [1.54, 1.807) is 38.7 Å². The number of piperidine rings is 1. The van der Waals surface area contributed by atoms with Gasteiger partial charge in [0.1, 0.15) is 10.7 Å². The van der Waals surface area contributed by atoms with Gasteiger partial charge in [-0.1, -0.05) is 30.7 Å². The van der Waals surface area contributed by atoms with Crippen LogP contribution in [0.4, 0.5) is 23.1 Å². The third-order valence-corrected chi connectivity index (χ3v) is 12.2. The summed E-state index contributed by atoms with van der Waals surface area (Å²) in [5.41, 5.74) is 3.17. The number of imide groups is 1. The largest absolute Gasteiger partial charge is 0.478 e. The molecule has 3 fully saturated rings. The number of nitrogens with one attached hydrogen (secondary N) is 4. The first-order valence-corrected chi connectivity index (χ1v) is 19.7. The summed E-state index contributed by atoms with van der Waals surface area (Å²) < 4.78 is 14.9. The Bertz CT molecular complexity index is 2500. The molecule has 8 rings (SSSR count). The number of aryl methyl sites for hydroxylation is 2. The lowest BCUT2D eigenvalue weighted by atomic mass is 9.73. The number of halogens is 1. The second-order valence-corrected chi connectivity index (χ2v) is 16.1. The van der Waals surface area contributed by atoms with Crippen LogP contribution in [-0.2, 0) is 33.2 Å². The van der Waals surface area contributed by atoms with E-state index in [9.17, 15) is 19.2 Å². The molecule has 6 heterocycles. The minimum Gasteiger partial charge on any atom is -0.478 e. The molecule has 17 nitrogen and oxygen atoms in total. The van der Waals surface area contributed by atoms with Crippen molar-refractivity contribution in [2.24, 2.45) is 25.4 Å². The van der Waals surface area contributed by atoms with Crippen LogP contribution in [0.15, 0.2) is 47.5 Å². The van der Waals surface area contributed by atoms with Gasteiger partial charge in [-0.3, -0.25) is 33.7 Å². The molecule has 1 aromatic carbocycles. The predicted molar refractivity (Wildman–Crippen MR) is 219 cm³/mol. The van der Waals surface area contributed by atoms with Crippen LogP contribution in [0.2, 0.25) is 5.02 Å². The molecule has 0 radical (unpaired) electrons. The van der Waals surface area contributed by atoms with Crippen molar-refractivity contribution >= 4 is 74.4 Å². The number of pyridine rings is 2. The minimum atomic E-state index is -0.477. The van der Waals surface area contributed by atoms with Crippen LogP contribution in [0.5, 0.6) is 5.75 Å². The molecule has 304 valence electrons. The summed E-state index contributed by atoms with van der Waals surface area (Å²) in [6, 6.07) is 9.51. The Morgan fingerprint density at radius 2 is 1.91 bits per heavy atom. The Kier molecular flexibility index (Phi) is 10.4. The third-order valence-electron chi connectivity index (χ3n) is 11.9. The summed E-state index contributed by atoms with van der Waals surface area (Å²) in [6.07, 6.45) is 6.67. The number of benzene rings is 1. The van der Waals surface area contributed by atoms with Gasteiger partial charge < -0.3 is 30.3 Å². The van der Waals surface area contributed by atoms with Gasteiger partial charge in [0.2, 0.25) is 17.8 Å². The van der Waals surface area contributed by atoms with Crippen LogP contribution in [0.25, 0.3) is 21.9 Å². The van der Waals surface area contributed by atoms with Crippen LogP contribution >= 0.6 is 11.6 Å². The van der Waals surface area contributed by atoms with E-state index in [4.69, 9.17) is 31.2 Å². The first-order chi connectivity index (χ1) is 27.9. The van der Waals surface area contributed by atoms with Crippen LogP contribution in [0.3, 0.4) is 0 Å². The molecule has 5 aromatic rings. The number of anilines is 4. The van der Waals surface area contributed by atoms with Crippen LogP contribution in [0.1, 0.15) is 50.6 Å². The van der Waals surface area contributed by atoms with Crippen molar-refractivity contribution in [3.8, 4) is 5.75 Å². The molecule has 4 atom stereocenters. The maximum Gasteiger partial charge on any atom is 0.294 e. The number of rotatable bonds is 10. The summed E-state index contributed by atoms with van der Waals surface area (Å²) in [5, 5.41) is 18.7. The molecule has 58 heavy (non-hydrogen) atoms. The Hall–Kier alpha value is -5.81. The number of ether oxygens (including phenoxy) is 2. The average Bonchev–Trinajstić information content (AvgIpc) is 3.46. The molecule has 3 amide bonds. The highest BCUT2D eigenvalue weighted by Crippen LogP contribution is 2.47. The van der Waals surface area contributed by atoms with E-state index in [0.717, 1.165) is 48.9 Å².